The highest BCUT2D eigenvalue weighted by Gasteiger charge is 2.10. The van der Waals surface area contributed by atoms with Crippen molar-refractivity contribution in [3.05, 3.63) is 0 Å². The van der Waals surface area contributed by atoms with E-state index in [-0.39, 0.29) is 6.10 Å². The molecule has 0 amide bonds. The van der Waals surface area contributed by atoms with Gasteiger partial charge in [-0.05, 0) is 39.5 Å². The quantitative estimate of drug-likeness (QED) is 0.0721. The minimum absolute atomic E-state index is 0.0388. The first-order chi connectivity index (χ1) is 18.1. The number of unbranched alkanes of at least 4 members (excludes halogenated alkanes) is 22. The van der Waals surface area contributed by atoms with Crippen LogP contribution in [0.4, 0.5) is 4.79 Å². The van der Waals surface area contributed by atoms with Crippen molar-refractivity contribution in [2.45, 2.75) is 194 Å². The standard InChI is InChI=1S/C33H64O4/c1-4-5-6-7-19-23-26-29-32(3)37-33(35)36-30-27-24-21-18-16-14-12-10-8-9-11-13-15-17-20-22-25-28-31(2)34/h32H,4-30H2,1-3H3. The van der Waals surface area contributed by atoms with E-state index in [0.29, 0.717) is 12.4 Å². The number of ether oxygens (including phenoxy) is 2. The third-order valence-electron chi connectivity index (χ3n) is 7.40. The molecule has 0 aliphatic carbocycles. The van der Waals surface area contributed by atoms with Crippen molar-refractivity contribution in [1.82, 2.24) is 0 Å². The Bertz CT molecular complexity index is 491. The van der Waals surface area contributed by atoms with Crippen LogP contribution in [-0.2, 0) is 14.3 Å². The molecule has 0 radical (unpaired) electrons. The van der Waals surface area contributed by atoms with Crippen LogP contribution in [0.1, 0.15) is 188 Å². The predicted octanol–water partition coefficient (Wildman–Crippen LogP) is 11.3. The van der Waals surface area contributed by atoms with Crippen LogP contribution in [0.15, 0.2) is 0 Å². The van der Waals surface area contributed by atoms with Gasteiger partial charge in [0.25, 0.3) is 0 Å². The molecular weight excluding hydrogens is 460 g/mol. The molecule has 220 valence electrons. The molecule has 0 aromatic carbocycles. The highest BCUT2D eigenvalue weighted by Crippen LogP contribution is 2.15. The molecule has 0 rings (SSSR count). The van der Waals surface area contributed by atoms with Crippen molar-refractivity contribution in [3.8, 4) is 0 Å². The summed E-state index contributed by atoms with van der Waals surface area (Å²) >= 11 is 0. The summed E-state index contributed by atoms with van der Waals surface area (Å²) in [7, 11) is 0. The average molecular weight is 525 g/mol. The summed E-state index contributed by atoms with van der Waals surface area (Å²) in [6, 6.07) is 0. The molecule has 0 N–H and O–H groups in total. The Morgan fingerprint density at radius 3 is 1.35 bits per heavy atom. The van der Waals surface area contributed by atoms with Crippen LogP contribution < -0.4 is 0 Å². The molecule has 0 bridgehead atoms. The summed E-state index contributed by atoms with van der Waals surface area (Å²) in [6.45, 7) is 6.40. The highest BCUT2D eigenvalue weighted by molar-refractivity contribution is 5.75. The Morgan fingerprint density at radius 2 is 0.919 bits per heavy atom. The molecule has 0 spiro atoms. The maximum Gasteiger partial charge on any atom is 0.508 e. The van der Waals surface area contributed by atoms with Crippen molar-refractivity contribution >= 4 is 11.9 Å². The molecule has 37 heavy (non-hydrogen) atoms. The van der Waals surface area contributed by atoms with E-state index in [1.807, 2.05) is 6.92 Å². The minimum Gasteiger partial charge on any atom is -0.434 e. The van der Waals surface area contributed by atoms with Crippen LogP contribution in [0.2, 0.25) is 0 Å². The van der Waals surface area contributed by atoms with Gasteiger partial charge in [-0.3, -0.25) is 0 Å². The molecule has 0 aromatic rings. The largest absolute Gasteiger partial charge is 0.508 e. The Kier molecular flexibility index (Phi) is 28.7. The molecule has 1 unspecified atom stereocenters. The number of hydrogen-bond acceptors (Lipinski definition) is 4. The third kappa shape index (κ3) is 31.1. The van der Waals surface area contributed by atoms with Crippen LogP contribution in [0, 0.1) is 0 Å². The van der Waals surface area contributed by atoms with Crippen LogP contribution in [0.25, 0.3) is 0 Å². The second-order valence-corrected chi connectivity index (χ2v) is 11.4. The van der Waals surface area contributed by atoms with Gasteiger partial charge in [0, 0.05) is 6.42 Å². The van der Waals surface area contributed by atoms with Crippen molar-refractivity contribution in [2.75, 3.05) is 6.61 Å². The summed E-state index contributed by atoms with van der Waals surface area (Å²) in [4.78, 5) is 22.7. The van der Waals surface area contributed by atoms with Crippen LogP contribution >= 0.6 is 0 Å². The monoisotopic (exact) mass is 524 g/mol. The molecule has 0 heterocycles. The van der Waals surface area contributed by atoms with Crippen molar-refractivity contribution < 1.29 is 19.1 Å². The van der Waals surface area contributed by atoms with E-state index in [0.717, 1.165) is 38.5 Å². The normalized spacial score (nSPS) is 12.0. The summed E-state index contributed by atoms with van der Waals surface area (Å²) in [5, 5.41) is 0. The summed E-state index contributed by atoms with van der Waals surface area (Å²) < 4.78 is 10.6. The fourth-order valence-electron chi connectivity index (χ4n) is 4.93. The van der Waals surface area contributed by atoms with E-state index in [9.17, 15) is 9.59 Å². The predicted molar refractivity (Wildman–Crippen MR) is 158 cm³/mol. The SMILES string of the molecule is CCCCCCCCCC(C)OC(=O)OCCCCCCCCCCCCCCCCCCCC(C)=O. The van der Waals surface area contributed by atoms with Gasteiger partial charge < -0.3 is 14.3 Å². The fourth-order valence-corrected chi connectivity index (χ4v) is 4.93. The van der Waals surface area contributed by atoms with Gasteiger partial charge in [-0.1, -0.05) is 142 Å². The lowest BCUT2D eigenvalue weighted by atomic mass is 10.0. The molecule has 0 saturated heterocycles. The first-order valence-electron chi connectivity index (χ1n) is 16.4. The number of hydrogen-bond donors (Lipinski definition) is 0. The molecule has 0 aliphatic rings. The molecular formula is C33H64O4. The van der Waals surface area contributed by atoms with Crippen LogP contribution in [0.5, 0.6) is 0 Å². The fraction of sp³-hybridized carbons (Fsp3) is 0.939. The van der Waals surface area contributed by atoms with E-state index in [4.69, 9.17) is 9.47 Å². The maximum atomic E-state index is 11.8. The topological polar surface area (TPSA) is 52.6 Å². The van der Waals surface area contributed by atoms with Gasteiger partial charge in [0.1, 0.15) is 11.9 Å². The number of rotatable bonds is 29. The lowest BCUT2D eigenvalue weighted by molar-refractivity contribution is -0.117. The van der Waals surface area contributed by atoms with Gasteiger partial charge in [0.05, 0.1) is 6.61 Å². The zero-order valence-electron chi connectivity index (χ0n) is 25.3. The molecule has 0 saturated carbocycles. The van der Waals surface area contributed by atoms with E-state index in [2.05, 4.69) is 6.92 Å². The number of Topliss-reactive ketones (excluding diaryl/α,β-unsaturated/α-hetero) is 1. The van der Waals surface area contributed by atoms with E-state index in [1.54, 1.807) is 6.92 Å². The Labute approximate surface area is 231 Å². The smallest absolute Gasteiger partial charge is 0.434 e. The Hall–Kier alpha value is -1.06. The second-order valence-electron chi connectivity index (χ2n) is 11.4. The molecule has 0 fully saturated rings. The lowest BCUT2D eigenvalue weighted by Crippen LogP contribution is -2.16. The van der Waals surface area contributed by atoms with Gasteiger partial charge in [0.2, 0.25) is 0 Å². The van der Waals surface area contributed by atoms with Crippen molar-refractivity contribution in [2.24, 2.45) is 0 Å². The molecule has 4 nitrogen and oxygen atoms in total. The number of carbonyl (C=O) groups excluding carboxylic acids is 2. The number of carbonyl (C=O) groups is 2. The Balaban J connectivity index is 3.23. The zero-order valence-corrected chi connectivity index (χ0v) is 25.3. The van der Waals surface area contributed by atoms with Gasteiger partial charge in [-0.15, -0.1) is 0 Å². The van der Waals surface area contributed by atoms with E-state index >= 15 is 0 Å². The first-order valence-corrected chi connectivity index (χ1v) is 16.4. The molecule has 1 atom stereocenters. The van der Waals surface area contributed by atoms with Crippen molar-refractivity contribution in [3.63, 3.8) is 0 Å². The minimum atomic E-state index is -0.489. The molecule has 0 aromatic heterocycles. The zero-order chi connectivity index (χ0) is 27.2. The average Bonchev–Trinajstić information content (AvgIpc) is 2.86. The van der Waals surface area contributed by atoms with Gasteiger partial charge in [0.15, 0.2) is 0 Å². The third-order valence-corrected chi connectivity index (χ3v) is 7.40. The second kappa shape index (κ2) is 29.5. The van der Waals surface area contributed by atoms with E-state index < -0.39 is 6.16 Å². The number of ketones is 1. The van der Waals surface area contributed by atoms with Crippen LogP contribution in [-0.4, -0.2) is 24.6 Å². The van der Waals surface area contributed by atoms with Gasteiger partial charge >= 0.3 is 6.16 Å². The Morgan fingerprint density at radius 1 is 0.541 bits per heavy atom. The lowest BCUT2D eigenvalue weighted by Gasteiger charge is -2.13. The summed E-state index contributed by atoms with van der Waals surface area (Å²) in [5.41, 5.74) is 0. The summed E-state index contributed by atoms with van der Waals surface area (Å²) in [5.74, 6) is 0.333. The maximum absolute atomic E-state index is 11.8. The summed E-state index contributed by atoms with van der Waals surface area (Å²) in [6.07, 6.45) is 32.1. The van der Waals surface area contributed by atoms with Gasteiger partial charge in [-0.25, -0.2) is 4.79 Å². The molecule has 0 aliphatic heterocycles. The highest BCUT2D eigenvalue weighted by atomic mass is 16.7. The van der Waals surface area contributed by atoms with E-state index in [1.165, 1.54) is 128 Å². The molecule has 4 heteroatoms. The first kappa shape index (κ1) is 35.9. The van der Waals surface area contributed by atoms with Crippen molar-refractivity contribution in [1.29, 1.82) is 0 Å². The van der Waals surface area contributed by atoms with Gasteiger partial charge in [-0.2, -0.15) is 0 Å². The van der Waals surface area contributed by atoms with Crippen LogP contribution in [0.3, 0.4) is 0 Å².